The fraction of sp³-hybridized carbons (Fsp3) is 0.400. The molecule has 7 nitrogen and oxygen atoms in total. The molecule has 148 valence electrons. The van der Waals surface area contributed by atoms with Gasteiger partial charge in [-0.05, 0) is 31.7 Å². The summed E-state index contributed by atoms with van der Waals surface area (Å²) in [6.45, 7) is 2.72. The van der Waals surface area contributed by atoms with E-state index in [0.717, 1.165) is 16.9 Å². The van der Waals surface area contributed by atoms with E-state index in [0.29, 0.717) is 48.5 Å². The van der Waals surface area contributed by atoms with Crippen LogP contribution >= 0.6 is 11.3 Å². The number of hydrogen-bond donors (Lipinski definition) is 1. The Kier molecular flexibility index (Phi) is 6.41. The van der Waals surface area contributed by atoms with Gasteiger partial charge in [0.05, 0.1) is 14.7 Å². The van der Waals surface area contributed by atoms with E-state index in [1.165, 1.54) is 6.07 Å². The van der Waals surface area contributed by atoms with Crippen molar-refractivity contribution in [3.63, 3.8) is 0 Å². The maximum absolute atomic E-state index is 12.6. The summed E-state index contributed by atoms with van der Waals surface area (Å²) < 4.78 is 0. The number of nitro groups is 1. The van der Waals surface area contributed by atoms with Gasteiger partial charge in [-0.25, -0.2) is 0 Å². The molecule has 3 rings (SSSR count). The van der Waals surface area contributed by atoms with E-state index in [4.69, 9.17) is 0 Å². The molecule has 0 spiro atoms. The van der Waals surface area contributed by atoms with E-state index in [1.54, 1.807) is 11.8 Å². The summed E-state index contributed by atoms with van der Waals surface area (Å²) in [6, 6.07) is 11.3. The van der Waals surface area contributed by atoms with Crippen molar-refractivity contribution >= 4 is 28.8 Å². The summed E-state index contributed by atoms with van der Waals surface area (Å²) in [7, 11) is 0. The van der Waals surface area contributed by atoms with Crippen LogP contribution in [0.2, 0.25) is 0 Å². The number of aryl methyl sites for hydroxylation is 2. The molecule has 1 saturated heterocycles. The van der Waals surface area contributed by atoms with Crippen LogP contribution in [0.4, 0.5) is 5.69 Å². The molecule has 1 fully saturated rings. The largest absolute Gasteiger partial charge is 0.353 e. The molecular weight excluding hydrogens is 378 g/mol. The van der Waals surface area contributed by atoms with Crippen molar-refractivity contribution in [1.82, 2.24) is 10.2 Å². The van der Waals surface area contributed by atoms with Crippen LogP contribution in [-0.4, -0.2) is 40.8 Å². The van der Waals surface area contributed by atoms with Crippen LogP contribution in [0.25, 0.3) is 0 Å². The lowest BCUT2D eigenvalue weighted by Gasteiger charge is -2.32. The van der Waals surface area contributed by atoms with Gasteiger partial charge >= 0.3 is 0 Å². The molecule has 2 amide bonds. The molecule has 28 heavy (non-hydrogen) atoms. The van der Waals surface area contributed by atoms with Crippen LogP contribution < -0.4 is 5.32 Å². The van der Waals surface area contributed by atoms with Gasteiger partial charge in [0.25, 0.3) is 11.6 Å². The minimum absolute atomic E-state index is 0.00563. The lowest BCUT2D eigenvalue weighted by molar-refractivity contribution is -0.385. The predicted octanol–water partition coefficient (Wildman–Crippen LogP) is 3.32. The summed E-state index contributed by atoms with van der Waals surface area (Å²) >= 11 is 1.16. The van der Waals surface area contributed by atoms with E-state index in [2.05, 4.69) is 5.32 Å². The van der Waals surface area contributed by atoms with Crippen LogP contribution in [0.3, 0.4) is 0 Å². The fourth-order valence-corrected chi connectivity index (χ4v) is 4.30. The molecule has 0 atom stereocenters. The van der Waals surface area contributed by atoms with Gasteiger partial charge in [0, 0.05) is 31.6 Å². The van der Waals surface area contributed by atoms with Crippen LogP contribution in [0, 0.1) is 17.0 Å². The number of benzene rings is 1. The average Bonchev–Trinajstić information content (AvgIpc) is 3.09. The van der Waals surface area contributed by atoms with Gasteiger partial charge in [-0.3, -0.25) is 19.7 Å². The van der Waals surface area contributed by atoms with Crippen molar-refractivity contribution in [2.75, 3.05) is 13.1 Å². The van der Waals surface area contributed by atoms with Gasteiger partial charge < -0.3 is 10.2 Å². The Hall–Kier alpha value is -2.74. The second-order valence-electron chi connectivity index (χ2n) is 6.93. The molecule has 0 radical (unpaired) electrons. The van der Waals surface area contributed by atoms with Crippen LogP contribution in [0.15, 0.2) is 36.4 Å². The van der Waals surface area contributed by atoms with Crippen molar-refractivity contribution in [3.8, 4) is 0 Å². The second kappa shape index (κ2) is 8.97. The molecule has 1 aliphatic rings. The zero-order chi connectivity index (χ0) is 20.1. The molecule has 0 saturated carbocycles. The third-order valence-corrected chi connectivity index (χ3v) is 5.96. The number of likely N-dealkylation sites (tertiary alicyclic amines) is 1. The number of nitrogens with zero attached hydrogens (tertiary/aromatic N) is 2. The SMILES string of the molecule is Cc1sc(C(=O)N2CCC(NC(=O)CCc3ccccc3)CC2)cc1[N+](=O)[O-]. The second-order valence-corrected chi connectivity index (χ2v) is 8.19. The van der Waals surface area contributed by atoms with E-state index < -0.39 is 4.92 Å². The fourth-order valence-electron chi connectivity index (χ4n) is 3.34. The normalized spacial score (nSPS) is 14.7. The van der Waals surface area contributed by atoms with Crippen LogP contribution in [-0.2, 0) is 11.2 Å². The number of nitrogens with one attached hydrogen (secondary N) is 1. The van der Waals surface area contributed by atoms with Gasteiger partial charge in [0.1, 0.15) is 0 Å². The van der Waals surface area contributed by atoms with Gasteiger partial charge in [0.2, 0.25) is 5.91 Å². The molecule has 0 unspecified atom stereocenters. The number of thiophene rings is 1. The minimum Gasteiger partial charge on any atom is -0.353 e. The third-order valence-electron chi connectivity index (χ3n) is 4.93. The Balaban J connectivity index is 1.46. The maximum Gasteiger partial charge on any atom is 0.283 e. The van der Waals surface area contributed by atoms with Crippen LogP contribution in [0.5, 0.6) is 0 Å². The lowest BCUT2D eigenvalue weighted by atomic mass is 10.0. The molecule has 1 N–H and O–H groups in total. The average molecular weight is 401 g/mol. The Morgan fingerprint density at radius 1 is 1.25 bits per heavy atom. The Bertz CT molecular complexity index is 858. The van der Waals surface area contributed by atoms with Crippen molar-refractivity contribution < 1.29 is 14.5 Å². The lowest BCUT2D eigenvalue weighted by Crippen LogP contribution is -2.46. The number of piperidine rings is 1. The minimum atomic E-state index is -0.459. The topological polar surface area (TPSA) is 92.6 Å². The highest BCUT2D eigenvalue weighted by Gasteiger charge is 2.27. The highest BCUT2D eigenvalue weighted by atomic mass is 32.1. The number of carbonyl (C=O) groups excluding carboxylic acids is 2. The molecule has 2 aromatic rings. The van der Waals surface area contributed by atoms with E-state index in [1.807, 2.05) is 30.3 Å². The number of rotatable bonds is 6. The molecule has 8 heteroatoms. The highest BCUT2D eigenvalue weighted by molar-refractivity contribution is 7.14. The molecular formula is C20H23N3O4S. The van der Waals surface area contributed by atoms with Gasteiger partial charge in [-0.1, -0.05) is 30.3 Å². The molecule has 1 aliphatic heterocycles. The van der Waals surface area contributed by atoms with Crippen molar-refractivity contribution in [3.05, 3.63) is 61.8 Å². The standard InChI is InChI=1S/C20H23N3O4S/c1-14-17(23(26)27)13-18(28-14)20(25)22-11-9-16(10-12-22)21-19(24)8-7-15-5-3-2-4-6-15/h2-6,13,16H,7-12H2,1H3,(H,21,24). The maximum atomic E-state index is 12.6. The summed E-state index contributed by atoms with van der Waals surface area (Å²) in [5.74, 6) is -0.145. The molecule has 1 aromatic heterocycles. The quantitative estimate of drug-likeness (QED) is 0.594. The molecule has 0 bridgehead atoms. The van der Waals surface area contributed by atoms with E-state index in [-0.39, 0.29) is 23.5 Å². The summed E-state index contributed by atoms with van der Waals surface area (Å²) in [4.78, 5) is 37.9. The van der Waals surface area contributed by atoms with Crippen LogP contribution in [0.1, 0.15) is 39.4 Å². The summed E-state index contributed by atoms with van der Waals surface area (Å²) in [5, 5.41) is 14.0. The van der Waals surface area contributed by atoms with Crippen molar-refractivity contribution in [1.29, 1.82) is 0 Å². The number of carbonyl (C=O) groups is 2. The number of hydrogen-bond acceptors (Lipinski definition) is 5. The Morgan fingerprint density at radius 3 is 2.54 bits per heavy atom. The Morgan fingerprint density at radius 2 is 1.93 bits per heavy atom. The van der Waals surface area contributed by atoms with E-state index in [9.17, 15) is 19.7 Å². The number of amides is 2. The molecule has 0 aliphatic carbocycles. The first kappa shape index (κ1) is 20.0. The van der Waals surface area contributed by atoms with Crippen molar-refractivity contribution in [2.45, 2.75) is 38.6 Å². The van der Waals surface area contributed by atoms with Gasteiger partial charge in [-0.15, -0.1) is 11.3 Å². The molecule has 2 heterocycles. The first-order valence-electron chi connectivity index (χ1n) is 9.31. The first-order valence-corrected chi connectivity index (χ1v) is 10.1. The first-order chi connectivity index (χ1) is 13.4. The highest BCUT2D eigenvalue weighted by Crippen LogP contribution is 2.29. The Labute approximate surface area is 167 Å². The molecule has 1 aromatic carbocycles. The zero-order valence-electron chi connectivity index (χ0n) is 15.7. The van der Waals surface area contributed by atoms with Gasteiger partial charge in [-0.2, -0.15) is 0 Å². The smallest absolute Gasteiger partial charge is 0.283 e. The monoisotopic (exact) mass is 401 g/mol. The summed E-state index contributed by atoms with van der Waals surface area (Å²) in [6.07, 6.45) is 2.53. The third kappa shape index (κ3) is 4.95. The summed E-state index contributed by atoms with van der Waals surface area (Å²) in [5.41, 5.74) is 1.13. The van der Waals surface area contributed by atoms with Crippen molar-refractivity contribution in [2.24, 2.45) is 0 Å². The van der Waals surface area contributed by atoms with Gasteiger partial charge in [0.15, 0.2) is 0 Å². The predicted molar refractivity (Wildman–Crippen MR) is 108 cm³/mol. The zero-order valence-corrected chi connectivity index (χ0v) is 16.5. The van der Waals surface area contributed by atoms with E-state index >= 15 is 0 Å².